The minimum absolute atomic E-state index is 0.389. The number of para-hydroxylation sites is 1. The first-order valence-electron chi connectivity index (χ1n) is 4.07. The van der Waals surface area contributed by atoms with E-state index < -0.39 is 12.7 Å². The van der Waals surface area contributed by atoms with Gasteiger partial charge in [-0.25, -0.2) is 4.39 Å². The zero-order valence-corrected chi connectivity index (χ0v) is 7.20. The smallest absolute Gasteiger partial charge is 0.107 e. The minimum Gasteiger partial charge on any atom is -0.399 e. The van der Waals surface area contributed by atoms with Crippen LogP contribution in [0.5, 0.6) is 0 Å². The fourth-order valence-electron chi connectivity index (χ4n) is 1.12. The predicted octanol–water partition coefficient (Wildman–Crippen LogP) is 1.13. The Morgan fingerprint density at radius 2 is 2.15 bits per heavy atom. The first kappa shape index (κ1) is 9.95. The van der Waals surface area contributed by atoms with Gasteiger partial charge in [-0.3, -0.25) is 0 Å². The Morgan fingerprint density at radius 1 is 1.46 bits per heavy atom. The van der Waals surface area contributed by atoms with E-state index >= 15 is 0 Å². The molecule has 0 aromatic heterocycles. The van der Waals surface area contributed by atoms with Crippen molar-refractivity contribution >= 4 is 5.69 Å². The molecule has 1 unspecified atom stereocenters. The molecular weight excluding hydrogens is 171 g/mol. The van der Waals surface area contributed by atoms with Crippen LogP contribution in [0.2, 0.25) is 0 Å². The van der Waals surface area contributed by atoms with Gasteiger partial charge in [0.25, 0.3) is 0 Å². The van der Waals surface area contributed by atoms with Crippen molar-refractivity contribution in [2.24, 2.45) is 0 Å². The summed E-state index contributed by atoms with van der Waals surface area (Å²) in [7, 11) is 0. The lowest BCUT2D eigenvalue weighted by atomic mass is 10.1. The van der Waals surface area contributed by atoms with Crippen molar-refractivity contribution in [2.45, 2.75) is 12.5 Å². The molecule has 0 aliphatic rings. The van der Waals surface area contributed by atoms with Gasteiger partial charge in [0, 0.05) is 5.69 Å². The van der Waals surface area contributed by atoms with E-state index in [0.717, 1.165) is 5.56 Å². The molecule has 13 heavy (non-hydrogen) atoms. The lowest BCUT2D eigenvalue weighted by Gasteiger charge is -2.11. The summed E-state index contributed by atoms with van der Waals surface area (Å²) in [6, 6.07) is 6.63. The molecule has 0 radical (unpaired) electrons. The SMILES string of the molecule is Nc1ccccc1CC(CF)NO. The number of nitrogens with one attached hydrogen (secondary N) is 1. The van der Waals surface area contributed by atoms with E-state index in [0.29, 0.717) is 12.1 Å². The van der Waals surface area contributed by atoms with E-state index in [1.54, 1.807) is 6.07 Å². The first-order valence-corrected chi connectivity index (χ1v) is 4.07. The molecule has 0 heterocycles. The highest BCUT2D eigenvalue weighted by Crippen LogP contribution is 2.12. The lowest BCUT2D eigenvalue weighted by molar-refractivity contribution is 0.112. The van der Waals surface area contributed by atoms with Gasteiger partial charge in [0.05, 0.1) is 6.04 Å². The Bertz CT molecular complexity index is 264. The van der Waals surface area contributed by atoms with Gasteiger partial charge in [-0.2, -0.15) is 5.48 Å². The van der Waals surface area contributed by atoms with Crippen LogP contribution in [0.1, 0.15) is 5.56 Å². The van der Waals surface area contributed by atoms with Crippen molar-refractivity contribution in [3.8, 4) is 0 Å². The molecule has 0 bridgehead atoms. The summed E-state index contributed by atoms with van der Waals surface area (Å²) in [5.41, 5.74) is 9.00. The summed E-state index contributed by atoms with van der Waals surface area (Å²) in [6.45, 7) is -0.620. The standard InChI is InChI=1S/C9H13FN2O/c10-6-8(12-13)5-7-3-1-2-4-9(7)11/h1-4,8,12-13H,5-6,11H2. The fourth-order valence-corrected chi connectivity index (χ4v) is 1.12. The van der Waals surface area contributed by atoms with E-state index in [2.05, 4.69) is 0 Å². The van der Waals surface area contributed by atoms with Crippen LogP contribution in [-0.2, 0) is 6.42 Å². The van der Waals surface area contributed by atoms with E-state index in [1.807, 2.05) is 23.7 Å². The van der Waals surface area contributed by atoms with Crippen LogP contribution in [0, 0.1) is 0 Å². The van der Waals surface area contributed by atoms with Crippen LogP contribution in [0.3, 0.4) is 0 Å². The van der Waals surface area contributed by atoms with E-state index in [4.69, 9.17) is 10.9 Å². The van der Waals surface area contributed by atoms with Crippen molar-refractivity contribution < 1.29 is 9.60 Å². The summed E-state index contributed by atoms with van der Waals surface area (Å²) in [6.07, 6.45) is 0.389. The third-order valence-corrected chi connectivity index (χ3v) is 1.89. The predicted molar refractivity (Wildman–Crippen MR) is 49.2 cm³/mol. The van der Waals surface area contributed by atoms with E-state index in [1.165, 1.54) is 0 Å². The Hall–Kier alpha value is -1.13. The molecule has 1 aromatic carbocycles. The van der Waals surface area contributed by atoms with Crippen LogP contribution in [0.4, 0.5) is 10.1 Å². The average Bonchev–Trinajstić information content (AvgIpc) is 2.17. The molecule has 1 rings (SSSR count). The number of hydroxylamine groups is 1. The molecule has 1 aromatic rings. The summed E-state index contributed by atoms with van der Waals surface area (Å²) >= 11 is 0. The second kappa shape index (κ2) is 4.79. The van der Waals surface area contributed by atoms with Crippen molar-refractivity contribution in [1.29, 1.82) is 0 Å². The van der Waals surface area contributed by atoms with E-state index in [-0.39, 0.29) is 0 Å². The molecule has 3 nitrogen and oxygen atoms in total. The summed E-state index contributed by atoms with van der Waals surface area (Å²) in [4.78, 5) is 0. The molecule has 4 N–H and O–H groups in total. The van der Waals surface area contributed by atoms with Gasteiger partial charge in [-0.1, -0.05) is 18.2 Å². The zero-order valence-electron chi connectivity index (χ0n) is 7.20. The number of rotatable bonds is 4. The van der Waals surface area contributed by atoms with Gasteiger partial charge in [0.2, 0.25) is 0 Å². The second-order valence-corrected chi connectivity index (χ2v) is 2.88. The fraction of sp³-hybridized carbons (Fsp3) is 0.333. The number of anilines is 1. The maximum absolute atomic E-state index is 12.2. The van der Waals surface area contributed by atoms with Gasteiger partial charge >= 0.3 is 0 Å². The van der Waals surface area contributed by atoms with Crippen LogP contribution in [0.15, 0.2) is 24.3 Å². The zero-order chi connectivity index (χ0) is 9.68. The molecule has 0 fully saturated rings. The Balaban J connectivity index is 2.67. The highest BCUT2D eigenvalue weighted by molar-refractivity contribution is 5.46. The minimum atomic E-state index is -0.620. The number of nitrogens with two attached hydrogens (primary N) is 1. The van der Waals surface area contributed by atoms with Gasteiger partial charge in [-0.15, -0.1) is 0 Å². The number of hydrogen-bond acceptors (Lipinski definition) is 3. The molecule has 0 saturated heterocycles. The average molecular weight is 184 g/mol. The molecule has 0 aliphatic carbocycles. The second-order valence-electron chi connectivity index (χ2n) is 2.88. The lowest BCUT2D eigenvalue weighted by Crippen LogP contribution is -2.30. The molecule has 0 saturated carbocycles. The Morgan fingerprint density at radius 3 is 2.69 bits per heavy atom. The van der Waals surface area contributed by atoms with Crippen LogP contribution < -0.4 is 11.2 Å². The van der Waals surface area contributed by atoms with Crippen molar-refractivity contribution in [3.05, 3.63) is 29.8 Å². The van der Waals surface area contributed by atoms with Gasteiger partial charge in [0.15, 0.2) is 0 Å². The normalized spacial score (nSPS) is 12.8. The maximum Gasteiger partial charge on any atom is 0.107 e. The van der Waals surface area contributed by atoms with E-state index in [9.17, 15) is 4.39 Å². The van der Waals surface area contributed by atoms with Crippen molar-refractivity contribution in [2.75, 3.05) is 12.4 Å². The maximum atomic E-state index is 12.2. The van der Waals surface area contributed by atoms with Crippen LogP contribution in [-0.4, -0.2) is 17.9 Å². The third kappa shape index (κ3) is 2.68. The quantitative estimate of drug-likeness (QED) is 0.485. The summed E-state index contributed by atoms with van der Waals surface area (Å²) < 4.78 is 12.2. The Kier molecular flexibility index (Phi) is 3.67. The molecule has 0 aliphatic heterocycles. The number of hydrogen-bond donors (Lipinski definition) is 3. The highest BCUT2D eigenvalue weighted by Gasteiger charge is 2.08. The molecule has 4 heteroatoms. The molecule has 1 atom stereocenters. The number of alkyl halides is 1. The number of benzene rings is 1. The van der Waals surface area contributed by atoms with Crippen molar-refractivity contribution in [1.82, 2.24) is 5.48 Å². The topological polar surface area (TPSA) is 58.3 Å². The Labute approximate surface area is 76.3 Å². The molecule has 0 amide bonds. The highest BCUT2D eigenvalue weighted by atomic mass is 19.1. The monoisotopic (exact) mass is 184 g/mol. The third-order valence-electron chi connectivity index (χ3n) is 1.89. The van der Waals surface area contributed by atoms with Gasteiger partial charge in [-0.05, 0) is 18.1 Å². The van der Waals surface area contributed by atoms with Crippen LogP contribution >= 0.6 is 0 Å². The molecule has 72 valence electrons. The molecular formula is C9H13FN2O. The largest absolute Gasteiger partial charge is 0.399 e. The molecule has 0 spiro atoms. The van der Waals surface area contributed by atoms with Gasteiger partial charge in [0.1, 0.15) is 6.67 Å². The first-order chi connectivity index (χ1) is 6.27. The van der Waals surface area contributed by atoms with Gasteiger partial charge < -0.3 is 10.9 Å². The number of nitrogen functional groups attached to an aromatic ring is 1. The summed E-state index contributed by atoms with van der Waals surface area (Å²) in [5, 5.41) is 8.55. The summed E-state index contributed by atoms with van der Waals surface area (Å²) in [5.74, 6) is 0. The van der Waals surface area contributed by atoms with Crippen LogP contribution in [0.25, 0.3) is 0 Å². The van der Waals surface area contributed by atoms with Crippen molar-refractivity contribution in [3.63, 3.8) is 0 Å². The number of halogens is 1.